The first kappa shape index (κ1) is 19.9. The second-order valence-corrected chi connectivity index (χ2v) is 6.61. The Morgan fingerprint density at radius 2 is 1.00 bits per heavy atom. The summed E-state index contributed by atoms with van der Waals surface area (Å²) in [6, 6.07) is 0.229. The minimum atomic E-state index is 0.229. The molecule has 0 spiro atoms. The molecular formula is C18H39NO. The highest BCUT2D eigenvalue weighted by atomic mass is 16.5. The van der Waals surface area contributed by atoms with Crippen LogP contribution in [-0.4, -0.2) is 12.6 Å². The van der Waals surface area contributed by atoms with E-state index >= 15 is 0 Å². The van der Waals surface area contributed by atoms with Gasteiger partial charge in [0.1, 0.15) is 0 Å². The molecule has 0 saturated carbocycles. The van der Waals surface area contributed by atoms with Gasteiger partial charge in [0.2, 0.25) is 0 Å². The van der Waals surface area contributed by atoms with Crippen molar-refractivity contribution in [3.63, 3.8) is 0 Å². The Balaban J connectivity index is 3.03. The van der Waals surface area contributed by atoms with Gasteiger partial charge in [-0.3, -0.25) is 0 Å². The predicted molar refractivity (Wildman–Crippen MR) is 90.0 cm³/mol. The SMILES string of the molecule is CCCCCCCCCCCCCCC[NH+]([O-])C(C)C. The maximum Gasteiger partial charge on any atom is 0.0814 e. The Kier molecular flexibility index (Phi) is 15.3. The Bertz CT molecular complexity index is 182. The van der Waals surface area contributed by atoms with Crippen LogP contribution in [0.2, 0.25) is 0 Å². The van der Waals surface area contributed by atoms with Gasteiger partial charge in [0, 0.05) is 0 Å². The van der Waals surface area contributed by atoms with Gasteiger partial charge in [-0.05, 0) is 26.7 Å². The lowest BCUT2D eigenvalue weighted by Gasteiger charge is -2.26. The van der Waals surface area contributed by atoms with E-state index in [0.29, 0.717) is 5.06 Å². The Hall–Kier alpha value is -0.0800. The summed E-state index contributed by atoms with van der Waals surface area (Å²) >= 11 is 0. The van der Waals surface area contributed by atoms with E-state index in [0.717, 1.165) is 13.0 Å². The zero-order valence-corrected chi connectivity index (χ0v) is 14.4. The number of nitrogens with one attached hydrogen (secondary N) is 1. The third-order valence-electron chi connectivity index (χ3n) is 4.17. The Morgan fingerprint density at radius 1 is 0.650 bits per heavy atom. The molecule has 2 heteroatoms. The molecule has 0 saturated heterocycles. The van der Waals surface area contributed by atoms with Crippen molar-refractivity contribution in [2.45, 2.75) is 110 Å². The van der Waals surface area contributed by atoms with Crippen LogP contribution in [0.3, 0.4) is 0 Å². The summed E-state index contributed by atoms with van der Waals surface area (Å²) in [4.78, 5) is 0. The molecule has 0 heterocycles. The highest BCUT2D eigenvalue weighted by Crippen LogP contribution is 2.12. The van der Waals surface area contributed by atoms with Gasteiger partial charge in [0.25, 0.3) is 0 Å². The molecule has 0 aromatic rings. The van der Waals surface area contributed by atoms with Crippen molar-refractivity contribution in [2.24, 2.45) is 0 Å². The topological polar surface area (TPSA) is 27.5 Å². The van der Waals surface area contributed by atoms with E-state index in [4.69, 9.17) is 0 Å². The molecule has 0 aromatic heterocycles. The van der Waals surface area contributed by atoms with Crippen LogP contribution in [0.5, 0.6) is 0 Å². The first-order valence-electron chi connectivity index (χ1n) is 9.21. The van der Waals surface area contributed by atoms with Crippen molar-refractivity contribution < 1.29 is 5.06 Å². The van der Waals surface area contributed by atoms with Crippen molar-refractivity contribution in [3.8, 4) is 0 Å². The van der Waals surface area contributed by atoms with E-state index in [1.165, 1.54) is 77.0 Å². The molecular weight excluding hydrogens is 246 g/mol. The predicted octanol–water partition coefficient (Wildman–Crippen LogP) is 4.87. The largest absolute Gasteiger partial charge is 0.634 e. The Morgan fingerprint density at radius 3 is 1.35 bits per heavy atom. The fourth-order valence-corrected chi connectivity index (χ4v) is 2.61. The average Bonchev–Trinajstić information content (AvgIpc) is 2.43. The quantitative estimate of drug-likeness (QED) is 0.337. The fourth-order valence-electron chi connectivity index (χ4n) is 2.61. The van der Waals surface area contributed by atoms with Crippen molar-refractivity contribution in [3.05, 3.63) is 5.21 Å². The summed E-state index contributed by atoms with van der Waals surface area (Å²) in [7, 11) is 0. The van der Waals surface area contributed by atoms with Gasteiger partial charge in [-0.1, -0.05) is 77.6 Å². The van der Waals surface area contributed by atoms with Crippen LogP contribution in [0.15, 0.2) is 0 Å². The first-order valence-corrected chi connectivity index (χ1v) is 9.21. The van der Waals surface area contributed by atoms with Crippen molar-refractivity contribution in [1.29, 1.82) is 0 Å². The van der Waals surface area contributed by atoms with Crippen molar-refractivity contribution in [1.82, 2.24) is 0 Å². The van der Waals surface area contributed by atoms with E-state index in [1.807, 2.05) is 13.8 Å². The van der Waals surface area contributed by atoms with E-state index in [1.54, 1.807) is 0 Å². The second-order valence-electron chi connectivity index (χ2n) is 6.61. The van der Waals surface area contributed by atoms with Gasteiger partial charge in [-0.15, -0.1) is 0 Å². The molecule has 0 fully saturated rings. The van der Waals surface area contributed by atoms with Gasteiger partial charge >= 0.3 is 0 Å². The van der Waals surface area contributed by atoms with Crippen LogP contribution in [0.4, 0.5) is 0 Å². The minimum Gasteiger partial charge on any atom is -0.634 e. The molecule has 2 nitrogen and oxygen atoms in total. The molecule has 0 aliphatic heterocycles. The molecule has 0 aliphatic rings. The molecule has 0 rings (SSSR count). The maximum absolute atomic E-state index is 11.4. The third-order valence-corrected chi connectivity index (χ3v) is 4.17. The first-order chi connectivity index (χ1) is 9.68. The van der Waals surface area contributed by atoms with Crippen LogP contribution in [0, 0.1) is 5.21 Å². The standard InChI is InChI=1S/C18H39NO/c1-4-5-6-7-8-9-10-11-12-13-14-15-16-17-19(20)18(2)3/h18-19H,4-17H2,1-3H3. The van der Waals surface area contributed by atoms with Crippen LogP contribution >= 0.6 is 0 Å². The molecule has 0 aromatic carbocycles. The van der Waals surface area contributed by atoms with Gasteiger partial charge < -0.3 is 10.3 Å². The monoisotopic (exact) mass is 285 g/mol. The van der Waals surface area contributed by atoms with Crippen LogP contribution in [0.1, 0.15) is 104 Å². The molecule has 20 heavy (non-hydrogen) atoms. The highest BCUT2D eigenvalue weighted by Gasteiger charge is 2.01. The second kappa shape index (κ2) is 15.3. The molecule has 122 valence electrons. The van der Waals surface area contributed by atoms with Gasteiger partial charge in [-0.25, -0.2) is 0 Å². The number of hydroxylamine groups is 2. The molecule has 1 atom stereocenters. The number of hydrogen-bond donors (Lipinski definition) is 1. The van der Waals surface area contributed by atoms with Crippen LogP contribution < -0.4 is 5.06 Å². The lowest BCUT2D eigenvalue weighted by Crippen LogP contribution is -3.10. The van der Waals surface area contributed by atoms with E-state index in [9.17, 15) is 5.21 Å². The maximum atomic E-state index is 11.4. The van der Waals surface area contributed by atoms with Gasteiger partial charge in [-0.2, -0.15) is 0 Å². The van der Waals surface area contributed by atoms with Crippen LogP contribution in [-0.2, 0) is 0 Å². The number of unbranched alkanes of at least 4 members (excludes halogenated alkanes) is 12. The fraction of sp³-hybridized carbons (Fsp3) is 1.00. The minimum absolute atomic E-state index is 0.229. The molecule has 0 bridgehead atoms. The van der Waals surface area contributed by atoms with Crippen molar-refractivity contribution >= 4 is 0 Å². The zero-order chi connectivity index (χ0) is 15.1. The number of rotatable bonds is 15. The van der Waals surface area contributed by atoms with E-state index in [2.05, 4.69) is 6.92 Å². The smallest absolute Gasteiger partial charge is 0.0814 e. The third kappa shape index (κ3) is 14.3. The van der Waals surface area contributed by atoms with Gasteiger partial charge in [0.05, 0.1) is 12.6 Å². The molecule has 1 unspecified atom stereocenters. The lowest BCUT2D eigenvalue weighted by atomic mass is 10.0. The molecule has 0 amide bonds. The highest BCUT2D eigenvalue weighted by molar-refractivity contribution is 4.49. The summed E-state index contributed by atoms with van der Waals surface area (Å²) in [5, 5.41) is 11.9. The molecule has 0 aliphatic carbocycles. The summed E-state index contributed by atoms with van der Waals surface area (Å²) in [6.07, 6.45) is 17.8. The molecule has 1 N–H and O–H groups in total. The van der Waals surface area contributed by atoms with Gasteiger partial charge in [0.15, 0.2) is 0 Å². The summed E-state index contributed by atoms with van der Waals surface area (Å²) < 4.78 is 0. The lowest BCUT2D eigenvalue weighted by molar-refractivity contribution is -0.871. The van der Waals surface area contributed by atoms with E-state index in [-0.39, 0.29) is 6.04 Å². The van der Waals surface area contributed by atoms with Crippen LogP contribution in [0.25, 0.3) is 0 Å². The number of quaternary nitrogens is 1. The summed E-state index contributed by atoms with van der Waals surface area (Å²) in [5.41, 5.74) is 0. The molecule has 0 radical (unpaired) electrons. The van der Waals surface area contributed by atoms with E-state index < -0.39 is 0 Å². The Labute approximate surface area is 127 Å². The van der Waals surface area contributed by atoms with Crippen molar-refractivity contribution in [2.75, 3.05) is 6.54 Å². The summed E-state index contributed by atoms with van der Waals surface area (Å²) in [5.74, 6) is 0. The zero-order valence-electron chi connectivity index (χ0n) is 14.4. The normalized spacial score (nSPS) is 13.1. The summed E-state index contributed by atoms with van der Waals surface area (Å²) in [6.45, 7) is 7.09. The number of hydrogen-bond acceptors (Lipinski definition) is 1. The average molecular weight is 286 g/mol.